The first-order valence-corrected chi connectivity index (χ1v) is 13.3. The quantitative estimate of drug-likeness (QED) is 0.434. The lowest BCUT2D eigenvalue weighted by Crippen LogP contribution is -2.24. The van der Waals surface area contributed by atoms with Crippen LogP contribution in [0.1, 0.15) is 114 Å². The summed E-state index contributed by atoms with van der Waals surface area (Å²) in [6, 6.07) is 0. The summed E-state index contributed by atoms with van der Waals surface area (Å²) in [5.74, 6) is 4.53. The molecule has 3 heteroatoms. The van der Waals surface area contributed by atoms with Crippen LogP contribution in [0.5, 0.6) is 0 Å². The van der Waals surface area contributed by atoms with E-state index < -0.39 is 0 Å². The van der Waals surface area contributed by atoms with Crippen molar-refractivity contribution >= 4 is 11.7 Å². The van der Waals surface area contributed by atoms with E-state index in [4.69, 9.17) is 0 Å². The second kappa shape index (κ2) is 11.8. The largest absolute Gasteiger partial charge is 0.356 e. The van der Waals surface area contributed by atoms with Crippen LogP contribution in [-0.4, -0.2) is 18.2 Å². The van der Waals surface area contributed by atoms with Crippen molar-refractivity contribution in [3.8, 4) is 0 Å². The first kappa shape index (κ1) is 28.2. The topological polar surface area (TPSA) is 46.2 Å². The molecule has 1 heterocycles. The summed E-state index contributed by atoms with van der Waals surface area (Å²) >= 11 is 0. The summed E-state index contributed by atoms with van der Waals surface area (Å²) in [7, 11) is 0. The molecule has 182 valence electrons. The van der Waals surface area contributed by atoms with Gasteiger partial charge in [0.2, 0.25) is 5.91 Å². The molecular weight excluding hydrogens is 382 g/mol. The molecular formula is C28H53NO2. The van der Waals surface area contributed by atoms with Crippen molar-refractivity contribution in [2.24, 2.45) is 46.3 Å². The smallest absolute Gasteiger partial charge is 0.223 e. The highest BCUT2D eigenvalue weighted by atomic mass is 16.2. The van der Waals surface area contributed by atoms with Crippen LogP contribution >= 0.6 is 0 Å². The summed E-state index contributed by atoms with van der Waals surface area (Å²) < 4.78 is 0. The van der Waals surface area contributed by atoms with Gasteiger partial charge < -0.3 is 5.32 Å². The second-order valence-electron chi connectivity index (χ2n) is 11.9. The minimum atomic E-state index is 0.303. The van der Waals surface area contributed by atoms with Gasteiger partial charge in [-0.3, -0.25) is 9.59 Å². The Bertz CT molecular complexity index is 569. The predicted octanol–water partition coefficient (Wildman–Crippen LogP) is 7.29. The van der Waals surface area contributed by atoms with Crippen molar-refractivity contribution in [1.82, 2.24) is 5.32 Å². The van der Waals surface area contributed by atoms with E-state index in [-0.39, 0.29) is 0 Å². The molecule has 0 aromatic carbocycles. The molecule has 31 heavy (non-hydrogen) atoms. The summed E-state index contributed by atoms with van der Waals surface area (Å²) in [5.41, 5.74) is 0.780. The van der Waals surface area contributed by atoms with Crippen LogP contribution < -0.4 is 5.32 Å². The molecule has 1 N–H and O–H groups in total. The molecule has 3 saturated carbocycles. The zero-order chi connectivity index (χ0) is 24.0. The Morgan fingerprint density at radius 3 is 1.65 bits per heavy atom. The van der Waals surface area contributed by atoms with Crippen LogP contribution in [0.25, 0.3) is 0 Å². The molecule has 6 atom stereocenters. The van der Waals surface area contributed by atoms with Gasteiger partial charge >= 0.3 is 0 Å². The number of nitrogens with one attached hydrogen (secondary N) is 1. The van der Waals surface area contributed by atoms with Gasteiger partial charge in [-0.2, -0.15) is 0 Å². The highest BCUT2D eigenvalue weighted by Crippen LogP contribution is 2.49. The average molecular weight is 436 g/mol. The highest BCUT2D eigenvalue weighted by molar-refractivity contribution is 5.82. The number of hydrogen-bond acceptors (Lipinski definition) is 2. The maximum absolute atomic E-state index is 11.7. The monoisotopic (exact) mass is 435 g/mol. The highest BCUT2D eigenvalue weighted by Gasteiger charge is 2.46. The van der Waals surface area contributed by atoms with Crippen LogP contribution in [0.4, 0.5) is 0 Å². The lowest BCUT2D eigenvalue weighted by atomic mass is 9.79. The van der Waals surface area contributed by atoms with Gasteiger partial charge in [-0.25, -0.2) is 0 Å². The van der Waals surface area contributed by atoms with E-state index in [0.29, 0.717) is 40.3 Å². The van der Waals surface area contributed by atoms with E-state index in [9.17, 15) is 9.59 Å². The molecule has 0 aromatic rings. The van der Waals surface area contributed by atoms with Crippen molar-refractivity contribution < 1.29 is 9.59 Å². The summed E-state index contributed by atoms with van der Waals surface area (Å²) in [6.45, 7) is 22.7. The first-order chi connectivity index (χ1) is 14.5. The number of rotatable bonds is 0. The minimum absolute atomic E-state index is 0.303. The Morgan fingerprint density at radius 2 is 1.19 bits per heavy atom. The van der Waals surface area contributed by atoms with Gasteiger partial charge in [0.25, 0.3) is 0 Å². The van der Waals surface area contributed by atoms with Crippen molar-refractivity contribution in [2.75, 3.05) is 6.54 Å². The molecule has 4 fully saturated rings. The SMILES string of the molecule is CC.CC.CC(C)(C)C1CC2CCCC(=O)C2C1.CC(C)(C)C1CC2CNC(=O)C2C1. The van der Waals surface area contributed by atoms with Gasteiger partial charge in [0.05, 0.1) is 0 Å². The Balaban J connectivity index is 0.000000268. The third kappa shape index (κ3) is 7.32. The second-order valence-corrected chi connectivity index (χ2v) is 11.9. The summed E-state index contributed by atoms with van der Waals surface area (Å²) in [4.78, 5) is 23.2. The first-order valence-electron chi connectivity index (χ1n) is 13.3. The predicted molar refractivity (Wildman–Crippen MR) is 133 cm³/mol. The number of amides is 1. The zero-order valence-electron chi connectivity index (χ0n) is 22.4. The standard InChI is InChI=1S/C13H22O.C11H19NO.2C2H6/c1-13(2,3)10-7-9-5-4-6-12(14)11(9)8-10;1-11(2,3)8-4-7-6-12-10(13)9(7)5-8;2*1-2/h9-11H,4-8H2,1-3H3;7-9H,4-6H2,1-3H3,(H,12,13);2*1-2H3. The molecule has 0 spiro atoms. The Labute approximate surface area is 193 Å². The van der Waals surface area contributed by atoms with Crippen LogP contribution in [0.15, 0.2) is 0 Å². The van der Waals surface area contributed by atoms with Gasteiger partial charge in [0.15, 0.2) is 0 Å². The molecule has 0 aromatic heterocycles. The van der Waals surface area contributed by atoms with E-state index in [2.05, 4.69) is 46.9 Å². The number of Topliss-reactive ketones (excluding diaryl/α,β-unsaturated/α-hetero) is 1. The van der Waals surface area contributed by atoms with Crippen molar-refractivity contribution in [2.45, 2.75) is 114 Å². The molecule has 1 amide bonds. The Kier molecular flexibility index (Phi) is 10.8. The van der Waals surface area contributed by atoms with Crippen LogP contribution in [0, 0.1) is 46.3 Å². The number of hydrogen-bond donors (Lipinski definition) is 1. The van der Waals surface area contributed by atoms with E-state index in [0.717, 1.165) is 43.6 Å². The lowest BCUT2D eigenvalue weighted by molar-refractivity contribution is -0.126. The van der Waals surface area contributed by atoms with Crippen LogP contribution in [0.3, 0.4) is 0 Å². The van der Waals surface area contributed by atoms with E-state index in [1.807, 2.05) is 27.7 Å². The zero-order valence-corrected chi connectivity index (χ0v) is 22.4. The van der Waals surface area contributed by atoms with Crippen molar-refractivity contribution in [1.29, 1.82) is 0 Å². The summed E-state index contributed by atoms with van der Waals surface area (Å²) in [5, 5.41) is 2.95. The molecule has 3 aliphatic carbocycles. The molecule has 1 saturated heterocycles. The number of fused-ring (bicyclic) bond motifs is 2. The van der Waals surface area contributed by atoms with E-state index in [1.54, 1.807) is 0 Å². The fourth-order valence-electron chi connectivity index (χ4n) is 6.01. The van der Waals surface area contributed by atoms with Gasteiger partial charge in [-0.05, 0) is 73.0 Å². The molecule has 4 aliphatic rings. The van der Waals surface area contributed by atoms with Gasteiger partial charge in [0, 0.05) is 24.8 Å². The Hall–Kier alpha value is -0.860. The summed E-state index contributed by atoms with van der Waals surface area (Å²) in [6.07, 6.45) is 8.15. The Morgan fingerprint density at radius 1 is 0.710 bits per heavy atom. The number of carbonyl (C=O) groups is 2. The third-order valence-electron chi connectivity index (χ3n) is 8.13. The van der Waals surface area contributed by atoms with Crippen molar-refractivity contribution in [3.05, 3.63) is 0 Å². The number of carbonyl (C=O) groups excluding carboxylic acids is 2. The molecule has 4 rings (SSSR count). The van der Waals surface area contributed by atoms with Crippen LogP contribution in [-0.2, 0) is 9.59 Å². The van der Waals surface area contributed by atoms with Gasteiger partial charge in [0.1, 0.15) is 5.78 Å². The normalized spacial score (nSPS) is 34.1. The fraction of sp³-hybridized carbons (Fsp3) is 0.929. The minimum Gasteiger partial charge on any atom is -0.356 e. The molecule has 3 nitrogen and oxygen atoms in total. The molecule has 0 radical (unpaired) electrons. The van der Waals surface area contributed by atoms with E-state index >= 15 is 0 Å². The van der Waals surface area contributed by atoms with E-state index in [1.165, 1.54) is 25.7 Å². The van der Waals surface area contributed by atoms with Crippen LogP contribution in [0.2, 0.25) is 0 Å². The molecule has 0 bridgehead atoms. The molecule has 1 aliphatic heterocycles. The average Bonchev–Trinajstić information content (AvgIpc) is 3.41. The molecule has 6 unspecified atom stereocenters. The maximum Gasteiger partial charge on any atom is 0.223 e. The van der Waals surface area contributed by atoms with Crippen molar-refractivity contribution in [3.63, 3.8) is 0 Å². The number of ketones is 1. The fourth-order valence-corrected chi connectivity index (χ4v) is 6.01. The lowest BCUT2D eigenvalue weighted by Gasteiger charge is -2.27. The maximum atomic E-state index is 11.7. The van der Waals surface area contributed by atoms with Gasteiger partial charge in [-0.1, -0.05) is 69.2 Å². The van der Waals surface area contributed by atoms with Gasteiger partial charge in [-0.15, -0.1) is 0 Å². The third-order valence-corrected chi connectivity index (χ3v) is 8.13.